The summed E-state index contributed by atoms with van der Waals surface area (Å²) in [5.41, 5.74) is 11.5. The highest BCUT2D eigenvalue weighted by Gasteiger charge is 2.20. The first kappa shape index (κ1) is 21.3. The summed E-state index contributed by atoms with van der Waals surface area (Å²) in [6, 6.07) is 33.2. The summed E-state index contributed by atoms with van der Waals surface area (Å²) < 4.78 is 2.03. The van der Waals surface area contributed by atoms with Crippen LogP contribution in [-0.4, -0.2) is 16.3 Å². The number of amidine groups is 1. The summed E-state index contributed by atoms with van der Waals surface area (Å²) >= 11 is 0. The van der Waals surface area contributed by atoms with Crippen LogP contribution in [0.3, 0.4) is 0 Å². The standard InChI is InChI=1S/C28H23N5O/c29-28(31-30)21-15-16-26-24(17-21)23-13-7-8-14-25(23)33(26)19-27(34)32(22-11-5-2-6-12-22)18-20-9-3-1-4-10-20/h1-17,29-30H,18-19H2. The van der Waals surface area contributed by atoms with Crippen LogP contribution in [-0.2, 0) is 17.9 Å². The number of hydrogen-bond acceptors (Lipinski definition) is 3. The summed E-state index contributed by atoms with van der Waals surface area (Å²) in [7, 11) is 0. The Balaban J connectivity index is 1.58. The summed E-state index contributed by atoms with van der Waals surface area (Å²) in [5.74, 6) is -0.108. The van der Waals surface area contributed by atoms with Crippen LogP contribution in [0.15, 0.2) is 108 Å². The average molecular weight is 446 g/mol. The van der Waals surface area contributed by atoms with E-state index in [-0.39, 0.29) is 18.3 Å². The Kier molecular flexibility index (Phi) is 5.70. The first-order valence-electron chi connectivity index (χ1n) is 11.0. The maximum atomic E-state index is 13.8. The smallest absolute Gasteiger partial charge is 0.247 e. The van der Waals surface area contributed by atoms with Gasteiger partial charge in [-0.3, -0.25) is 10.2 Å². The molecule has 0 aliphatic carbocycles. The molecule has 0 atom stereocenters. The predicted molar refractivity (Wildman–Crippen MR) is 135 cm³/mol. The number of para-hydroxylation sites is 2. The molecule has 5 aromatic rings. The number of anilines is 1. The maximum absolute atomic E-state index is 13.8. The molecule has 1 heterocycles. The van der Waals surface area contributed by atoms with Crippen molar-refractivity contribution < 1.29 is 4.79 Å². The molecule has 0 saturated carbocycles. The summed E-state index contributed by atoms with van der Waals surface area (Å²) in [5, 5.41) is 13.1. The predicted octanol–water partition coefficient (Wildman–Crippen LogP) is 6.38. The van der Waals surface area contributed by atoms with Crippen molar-refractivity contribution in [2.75, 3.05) is 4.90 Å². The highest BCUT2D eigenvalue weighted by atomic mass is 16.2. The fraction of sp³-hybridized carbons (Fsp3) is 0.0714. The number of rotatable bonds is 6. The van der Waals surface area contributed by atoms with E-state index in [1.54, 1.807) is 6.07 Å². The van der Waals surface area contributed by atoms with Crippen molar-refractivity contribution in [1.82, 2.24) is 4.57 Å². The Labute approximate surface area is 197 Å². The van der Waals surface area contributed by atoms with Crippen molar-refractivity contribution in [3.63, 3.8) is 0 Å². The lowest BCUT2D eigenvalue weighted by Crippen LogP contribution is -2.33. The van der Waals surface area contributed by atoms with Gasteiger partial charge in [-0.15, -0.1) is 5.11 Å². The van der Waals surface area contributed by atoms with E-state index in [9.17, 15) is 4.79 Å². The first-order chi connectivity index (χ1) is 16.7. The number of fused-ring (bicyclic) bond motifs is 3. The fourth-order valence-electron chi connectivity index (χ4n) is 4.35. The van der Waals surface area contributed by atoms with Gasteiger partial charge in [0.15, 0.2) is 5.84 Å². The number of carbonyl (C=O) groups is 1. The molecule has 0 bridgehead atoms. The van der Waals surface area contributed by atoms with Gasteiger partial charge in [0, 0.05) is 33.1 Å². The van der Waals surface area contributed by atoms with Gasteiger partial charge in [0.25, 0.3) is 0 Å². The molecule has 6 heteroatoms. The molecule has 1 amide bonds. The Morgan fingerprint density at radius 1 is 0.794 bits per heavy atom. The minimum atomic E-state index is -0.0899. The van der Waals surface area contributed by atoms with Gasteiger partial charge in [-0.05, 0) is 42.0 Å². The minimum absolute atomic E-state index is 0.0179. The number of benzene rings is 4. The van der Waals surface area contributed by atoms with Crippen LogP contribution in [0.25, 0.3) is 21.8 Å². The highest BCUT2D eigenvalue weighted by molar-refractivity contribution is 6.11. The molecule has 0 aliphatic heterocycles. The largest absolute Gasteiger partial charge is 0.331 e. The molecule has 0 radical (unpaired) electrons. The third kappa shape index (κ3) is 3.97. The second-order valence-electron chi connectivity index (χ2n) is 8.10. The lowest BCUT2D eigenvalue weighted by Gasteiger charge is -2.24. The average Bonchev–Trinajstić information content (AvgIpc) is 3.20. The fourth-order valence-corrected chi connectivity index (χ4v) is 4.35. The number of amides is 1. The Hall–Kier alpha value is -4.58. The van der Waals surface area contributed by atoms with E-state index in [2.05, 4.69) is 5.11 Å². The van der Waals surface area contributed by atoms with Crippen LogP contribution in [0, 0.1) is 10.9 Å². The van der Waals surface area contributed by atoms with Crippen molar-refractivity contribution >= 4 is 39.2 Å². The lowest BCUT2D eigenvalue weighted by molar-refractivity contribution is -0.119. The zero-order chi connectivity index (χ0) is 23.5. The van der Waals surface area contributed by atoms with Crippen LogP contribution in [0.1, 0.15) is 11.1 Å². The van der Waals surface area contributed by atoms with Gasteiger partial charge in [-0.25, -0.2) is 5.53 Å². The Morgan fingerprint density at radius 2 is 1.44 bits per heavy atom. The molecule has 0 unspecified atom stereocenters. The second kappa shape index (κ2) is 9.11. The van der Waals surface area contributed by atoms with E-state index < -0.39 is 0 Å². The van der Waals surface area contributed by atoms with Crippen LogP contribution < -0.4 is 4.90 Å². The molecule has 6 nitrogen and oxygen atoms in total. The summed E-state index contributed by atoms with van der Waals surface area (Å²) in [6.07, 6.45) is 0. The van der Waals surface area contributed by atoms with E-state index in [1.165, 1.54) is 0 Å². The number of hydrogen-bond donors (Lipinski definition) is 2. The topological polar surface area (TPSA) is 85.3 Å². The second-order valence-corrected chi connectivity index (χ2v) is 8.10. The number of nitrogens with zero attached hydrogens (tertiary/aromatic N) is 3. The molecule has 4 aromatic carbocycles. The van der Waals surface area contributed by atoms with Gasteiger partial charge in [-0.1, -0.05) is 66.7 Å². The molecule has 166 valence electrons. The van der Waals surface area contributed by atoms with Crippen molar-refractivity contribution in [1.29, 1.82) is 10.9 Å². The van der Waals surface area contributed by atoms with E-state index >= 15 is 0 Å². The van der Waals surface area contributed by atoms with Gasteiger partial charge in [0.1, 0.15) is 6.54 Å². The molecule has 5 rings (SSSR count). The molecule has 2 N–H and O–H groups in total. The number of nitrogens with one attached hydrogen (secondary N) is 2. The molecule has 0 aliphatic rings. The Bertz CT molecular complexity index is 1510. The SMILES string of the molecule is N=NC(=N)c1ccc2c(c1)c1ccccc1n2CC(=O)N(Cc1ccccc1)c1ccccc1. The molecule has 0 saturated heterocycles. The molecule has 0 fully saturated rings. The van der Waals surface area contributed by atoms with E-state index in [1.807, 2.05) is 107 Å². The molecular formula is C28H23N5O. The van der Waals surface area contributed by atoms with Crippen LogP contribution in [0.4, 0.5) is 5.69 Å². The van der Waals surface area contributed by atoms with Gasteiger partial charge in [0.05, 0.1) is 6.54 Å². The first-order valence-corrected chi connectivity index (χ1v) is 11.0. The number of carbonyl (C=O) groups excluding carboxylic acids is 1. The van der Waals surface area contributed by atoms with Gasteiger partial charge in [0.2, 0.25) is 5.91 Å². The quantitative estimate of drug-likeness (QED) is 0.177. The zero-order valence-electron chi connectivity index (χ0n) is 18.5. The Morgan fingerprint density at radius 3 is 2.18 bits per heavy atom. The number of aromatic nitrogens is 1. The van der Waals surface area contributed by atoms with Gasteiger partial charge >= 0.3 is 0 Å². The van der Waals surface area contributed by atoms with Crippen LogP contribution in [0.2, 0.25) is 0 Å². The van der Waals surface area contributed by atoms with E-state index in [0.717, 1.165) is 33.1 Å². The molecule has 1 aromatic heterocycles. The minimum Gasteiger partial charge on any atom is -0.331 e. The zero-order valence-corrected chi connectivity index (χ0v) is 18.5. The maximum Gasteiger partial charge on any atom is 0.247 e. The molecule has 34 heavy (non-hydrogen) atoms. The highest BCUT2D eigenvalue weighted by Crippen LogP contribution is 2.30. The molecular weight excluding hydrogens is 422 g/mol. The third-order valence-electron chi connectivity index (χ3n) is 6.00. The van der Waals surface area contributed by atoms with Crippen molar-refractivity contribution in [3.05, 3.63) is 114 Å². The van der Waals surface area contributed by atoms with E-state index in [4.69, 9.17) is 10.9 Å². The summed E-state index contributed by atoms with van der Waals surface area (Å²) in [4.78, 5) is 15.6. The monoisotopic (exact) mass is 445 g/mol. The van der Waals surface area contributed by atoms with E-state index in [0.29, 0.717) is 12.1 Å². The van der Waals surface area contributed by atoms with Gasteiger partial charge in [-0.2, -0.15) is 0 Å². The normalized spacial score (nSPS) is 10.9. The van der Waals surface area contributed by atoms with Crippen molar-refractivity contribution in [2.24, 2.45) is 5.11 Å². The summed E-state index contributed by atoms with van der Waals surface area (Å²) in [6.45, 7) is 0.651. The van der Waals surface area contributed by atoms with Crippen LogP contribution >= 0.6 is 0 Å². The molecule has 0 spiro atoms. The third-order valence-corrected chi connectivity index (χ3v) is 6.00. The van der Waals surface area contributed by atoms with Crippen molar-refractivity contribution in [3.8, 4) is 0 Å². The lowest BCUT2D eigenvalue weighted by atomic mass is 10.1. The van der Waals surface area contributed by atoms with Crippen molar-refractivity contribution in [2.45, 2.75) is 13.1 Å². The van der Waals surface area contributed by atoms with Crippen LogP contribution in [0.5, 0.6) is 0 Å². The van der Waals surface area contributed by atoms with Gasteiger partial charge < -0.3 is 9.47 Å².